The minimum atomic E-state index is -3.57. The lowest BCUT2D eigenvalue weighted by Gasteiger charge is -2.08. The van der Waals surface area contributed by atoms with Gasteiger partial charge in [0.1, 0.15) is 17.2 Å². The van der Waals surface area contributed by atoms with Crippen LogP contribution < -0.4 is 4.74 Å². The topological polar surface area (TPSA) is 76.0 Å². The Labute approximate surface area is 129 Å². The van der Waals surface area contributed by atoms with Crippen LogP contribution in [-0.2, 0) is 9.84 Å². The van der Waals surface area contributed by atoms with Gasteiger partial charge in [0.25, 0.3) is 0 Å². The number of hydrogen-bond donors (Lipinski definition) is 1. The van der Waals surface area contributed by atoms with Crippen molar-refractivity contribution in [2.24, 2.45) is 5.16 Å². The van der Waals surface area contributed by atoms with Crippen molar-refractivity contribution in [2.45, 2.75) is 11.8 Å². The second kappa shape index (κ2) is 6.62. The van der Waals surface area contributed by atoms with Gasteiger partial charge >= 0.3 is 0 Å². The molecule has 116 valence electrons. The fourth-order valence-electron chi connectivity index (χ4n) is 1.96. The monoisotopic (exact) mass is 319 g/mol. The lowest BCUT2D eigenvalue weighted by molar-refractivity contribution is 0.319. The molecule has 5 nitrogen and oxygen atoms in total. The smallest absolute Gasteiger partial charge is 0.184 e. The fourth-order valence-corrected chi connectivity index (χ4v) is 3.26. The maximum absolute atomic E-state index is 12.4. The first kappa shape index (κ1) is 16.0. The highest BCUT2D eigenvalue weighted by Gasteiger charge is 2.19. The van der Waals surface area contributed by atoms with Gasteiger partial charge in [-0.15, -0.1) is 0 Å². The maximum Gasteiger partial charge on any atom is 0.184 e. The van der Waals surface area contributed by atoms with Crippen molar-refractivity contribution < 1.29 is 18.4 Å². The van der Waals surface area contributed by atoms with Crippen molar-refractivity contribution in [3.8, 4) is 5.75 Å². The van der Waals surface area contributed by atoms with Crippen LogP contribution in [0.4, 0.5) is 0 Å². The van der Waals surface area contributed by atoms with Crippen LogP contribution in [0.2, 0.25) is 0 Å². The highest BCUT2D eigenvalue weighted by molar-refractivity contribution is 7.92. The van der Waals surface area contributed by atoms with Gasteiger partial charge in [0.15, 0.2) is 9.84 Å². The molecule has 0 saturated heterocycles. The van der Waals surface area contributed by atoms with E-state index in [0.29, 0.717) is 11.3 Å². The number of nitrogens with zero attached hydrogens (tertiary/aromatic N) is 1. The highest BCUT2D eigenvalue weighted by Crippen LogP contribution is 2.16. The predicted molar refractivity (Wildman–Crippen MR) is 84.5 cm³/mol. The first-order chi connectivity index (χ1) is 10.5. The molecule has 0 amide bonds. The first-order valence-electron chi connectivity index (χ1n) is 6.61. The van der Waals surface area contributed by atoms with Crippen LogP contribution in [0.25, 0.3) is 0 Å². The van der Waals surface area contributed by atoms with Crippen LogP contribution >= 0.6 is 0 Å². The Hall–Kier alpha value is -2.34. The number of benzene rings is 2. The third-order valence-corrected chi connectivity index (χ3v) is 4.89. The summed E-state index contributed by atoms with van der Waals surface area (Å²) in [6.45, 7) is 1.88. The largest absolute Gasteiger partial charge is 0.497 e. The summed E-state index contributed by atoms with van der Waals surface area (Å²) in [5.41, 5.74) is 1.59. The van der Waals surface area contributed by atoms with Crippen molar-refractivity contribution in [1.82, 2.24) is 0 Å². The lowest BCUT2D eigenvalue weighted by atomic mass is 10.1. The van der Waals surface area contributed by atoms with Gasteiger partial charge in [0.2, 0.25) is 0 Å². The zero-order valence-electron chi connectivity index (χ0n) is 12.4. The standard InChI is InChI=1S/C16H17NO4S/c1-12-3-9-15(10-4-12)22(19,20)11-16(17-18)13-5-7-14(21-2)8-6-13/h3-10,18H,11H2,1-2H3/b17-16-. The molecule has 0 atom stereocenters. The van der Waals surface area contributed by atoms with Gasteiger partial charge in [-0.3, -0.25) is 0 Å². The Bertz CT molecular complexity index is 763. The zero-order chi connectivity index (χ0) is 16.2. The van der Waals surface area contributed by atoms with Gasteiger partial charge in [0.05, 0.1) is 12.0 Å². The summed E-state index contributed by atoms with van der Waals surface area (Å²) in [5.74, 6) is 0.265. The highest BCUT2D eigenvalue weighted by atomic mass is 32.2. The van der Waals surface area contributed by atoms with Gasteiger partial charge < -0.3 is 9.94 Å². The van der Waals surface area contributed by atoms with Gasteiger partial charge in [-0.05, 0) is 43.3 Å². The van der Waals surface area contributed by atoms with Crippen LogP contribution in [0, 0.1) is 6.92 Å². The molecule has 22 heavy (non-hydrogen) atoms. The molecule has 0 bridgehead atoms. The van der Waals surface area contributed by atoms with Crippen molar-refractivity contribution in [1.29, 1.82) is 0 Å². The van der Waals surface area contributed by atoms with E-state index in [1.807, 2.05) is 6.92 Å². The van der Waals surface area contributed by atoms with Gasteiger partial charge in [-0.25, -0.2) is 8.42 Å². The van der Waals surface area contributed by atoms with Crippen molar-refractivity contribution >= 4 is 15.5 Å². The third-order valence-electron chi connectivity index (χ3n) is 3.25. The maximum atomic E-state index is 12.4. The average Bonchev–Trinajstić information content (AvgIpc) is 2.53. The molecule has 0 aromatic heterocycles. The van der Waals surface area contributed by atoms with E-state index in [-0.39, 0.29) is 16.4 Å². The Morgan fingerprint density at radius 3 is 2.18 bits per heavy atom. The molecule has 2 rings (SSSR count). The number of rotatable bonds is 5. The predicted octanol–water partition coefficient (Wildman–Crippen LogP) is 2.66. The van der Waals surface area contributed by atoms with E-state index >= 15 is 0 Å². The summed E-state index contributed by atoms with van der Waals surface area (Å²) in [7, 11) is -2.03. The number of ether oxygens (including phenoxy) is 1. The molecule has 0 aliphatic heterocycles. The SMILES string of the molecule is COc1ccc(/C(CS(=O)(=O)c2ccc(C)cc2)=N\O)cc1. The average molecular weight is 319 g/mol. The van der Waals surface area contributed by atoms with E-state index in [9.17, 15) is 8.42 Å². The zero-order valence-corrected chi connectivity index (χ0v) is 13.2. The molecule has 0 radical (unpaired) electrons. The number of oxime groups is 1. The first-order valence-corrected chi connectivity index (χ1v) is 8.26. The molecular weight excluding hydrogens is 302 g/mol. The molecule has 0 heterocycles. The molecule has 1 N–H and O–H groups in total. The van der Waals surface area contributed by atoms with Crippen LogP contribution in [0.1, 0.15) is 11.1 Å². The normalized spacial score (nSPS) is 12.2. The lowest BCUT2D eigenvalue weighted by Crippen LogP contribution is -2.17. The molecule has 0 saturated carbocycles. The van der Waals surface area contributed by atoms with Crippen LogP contribution in [0.5, 0.6) is 5.75 Å². The molecule has 0 aliphatic carbocycles. The van der Waals surface area contributed by atoms with Crippen molar-refractivity contribution in [3.05, 3.63) is 59.7 Å². The van der Waals surface area contributed by atoms with Gasteiger partial charge in [-0.1, -0.05) is 22.9 Å². The Kier molecular flexibility index (Phi) is 4.82. The number of sulfone groups is 1. The van der Waals surface area contributed by atoms with E-state index in [0.717, 1.165) is 5.56 Å². The summed E-state index contributed by atoms with van der Waals surface area (Å²) in [6, 6.07) is 13.2. The van der Waals surface area contributed by atoms with Gasteiger partial charge in [-0.2, -0.15) is 0 Å². The minimum absolute atomic E-state index is 0.0863. The fraction of sp³-hybridized carbons (Fsp3) is 0.188. The summed E-state index contributed by atoms with van der Waals surface area (Å²) >= 11 is 0. The second-order valence-corrected chi connectivity index (χ2v) is 6.84. The van der Waals surface area contributed by atoms with Crippen molar-refractivity contribution in [3.63, 3.8) is 0 Å². The minimum Gasteiger partial charge on any atom is -0.497 e. The Balaban J connectivity index is 2.27. The van der Waals surface area contributed by atoms with Gasteiger partial charge in [0, 0.05) is 5.56 Å². The van der Waals surface area contributed by atoms with E-state index < -0.39 is 9.84 Å². The Morgan fingerprint density at radius 2 is 1.68 bits per heavy atom. The molecule has 6 heteroatoms. The van der Waals surface area contributed by atoms with E-state index in [2.05, 4.69) is 5.16 Å². The van der Waals surface area contributed by atoms with Crippen LogP contribution in [0.3, 0.4) is 0 Å². The van der Waals surface area contributed by atoms with Crippen LogP contribution in [0.15, 0.2) is 58.6 Å². The van der Waals surface area contributed by atoms with E-state index in [1.54, 1.807) is 48.5 Å². The van der Waals surface area contributed by atoms with E-state index in [4.69, 9.17) is 9.94 Å². The number of aryl methyl sites for hydroxylation is 1. The summed E-state index contributed by atoms with van der Waals surface area (Å²) < 4.78 is 29.8. The third kappa shape index (κ3) is 3.65. The van der Waals surface area contributed by atoms with Crippen molar-refractivity contribution in [2.75, 3.05) is 12.9 Å². The summed E-state index contributed by atoms with van der Waals surface area (Å²) in [6.07, 6.45) is 0. The summed E-state index contributed by atoms with van der Waals surface area (Å²) in [5, 5.41) is 12.3. The molecular formula is C16H17NO4S. The number of methoxy groups -OCH3 is 1. The molecule has 2 aromatic rings. The quantitative estimate of drug-likeness (QED) is 0.522. The molecule has 0 spiro atoms. The second-order valence-electron chi connectivity index (χ2n) is 4.85. The molecule has 0 unspecified atom stereocenters. The molecule has 2 aromatic carbocycles. The Morgan fingerprint density at radius 1 is 1.09 bits per heavy atom. The molecule has 0 aliphatic rings. The number of hydrogen-bond acceptors (Lipinski definition) is 5. The summed E-state index contributed by atoms with van der Waals surface area (Å²) in [4.78, 5) is 0.202. The molecule has 0 fully saturated rings. The van der Waals surface area contributed by atoms with E-state index in [1.165, 1.54) is 7.11 Å². The van der Waals surface area contributed by atoms with Crippen LogP contribution in [-0.4, -0.2) is 32.2 Å².